The number of thioether (sulfide) groups is 1. The highest BCUT2D eigenvalue weighted by Crippen LogP contribution is 2.17. The van der Waals surface area contributed by atoms with Gasteiger partial charge in [0.15, 0.2) is 0 Å². The SMILES string of the molecule is CCC(C)N1C(=O)CC(NCCCSC)C1=O. The molecule has 1 fully saturated rings. The molecule has 1 heterocycles. The fourth-order valence-electron chi connectivity index (χ4n) is 1.95. The first-order valence-corrected chi connectivity index (χ1v) is 7.59. The first kappa shape index (κ1) is 14.5. The lowest BCUT2D eigenvalue weighted by molar-refractivity contribution is -0.141. The monoisotopic (exact) mass is 258 g/mol. The lowest BCUT2D eigenvalue weighted by atomic mass is 10.2. The van der Waals surface area contributed by atoms with Crippen molar-refractivity contribution in [2.24, 2.45) is 0 Å². The molecule has 1 aliphatic rings. The second-order valence-corrected chi connectivity index (χ2v) is 5.40. The van der Waals surface area contributed by atoms with Crippen molar-refractivity contribution in [2.45, 2.75) is 45.2 Å². The Labute approximate surface area is 108 Å². The van der Waals surface area contributed by atoms with Crippen LogP contribution in [0.15, 0.2) is 0 Å². The van der Waals surface area contributed by atoms with Crippen LogP contribution in [0.4, 0.5) is 0 Å². The normalized spacial score (nSPS) is 22.3. The lowest BCUT2D eigenvalue weighted by Gasteiger charge is -2.21. The molecule has 0 saturated carbocycles. The van der Waals surface area contributed by atoms with Gasteiger partial charge in [0.05, 0.1) is 12.5 Å². The third-order valence-corrected chi connectivity index (χ3v) is 3.83. The molecule has 0 spiro atoms. The molecule has 0 aromatic rings. The molecule has 2 amide bonds. The Hall–Kier alpha value is -0.550. The molecule has 0 aliphatic carbocycles. The van der Waals surface area contributed by atoms with Gasteiger partial charge < -0.3 is 5.32 Å². The molecule has 1 saturated heterocycles. The van der Waals surface area contributed by atoms with Gasteiger partial charge in [-0.3, -0.25) is 14.5 Å². The van der Waals surface area contributed by atoms with E-state index in [1.54, 1.807) is 11.8 Å². The molecule has 98 valence electrons. The molecule has 5 heteroatoms. The summed E-state index contributed by atoms with van der Waals surface area (Å²) in [4.78, 5) is 25.2. The summed E-state index contributed by atoms with van der Waals surface area (Å²) in [5.41, 5.74) is 0. The van der Waals surface area contributed by atoms with E-state index in [2.05, 4.69) is 11.6 Å². The molecular weight excluding hydrogens is 236 g/mol. The molecule has 2 atom stereocenters. The second-order valence-electron chi connectivity index (χ2n) is 4.42. The average molecular weight is 258 g/mol. The number of carbonyl (C=O) groups excluding carboxylic acids is 2. The molecule has 17 heavy (non-hydrogen) atoms. The molecular formula is C12H22N2O2S. The van der Waals surface area contributed by atoms with E-state index in [-0.39, 0.29) is 23.9 Å². The molecule has 4 nitrogen and oxygen atoms in total. The summed E-state index contributed by atoms with van der Waals surface area (Å²) >= 11 is 1.79. The topological polar surface area (TPSA) is 49.4 Å². The first-order chi connectivity index (χ1) is 8.11. The minimum absolute atomic E-state index is 0.0213. The van der Waals surface area contributed by atoms with Gasteiger partial charge in [-0.15, -0.1) is 0 Å². The summed E-state index contributed by atoms with van der Waals surface area (Å²) in [7, 11) is 0. The van der Waals surface area contributed by atoms with Crippen molar-refractivity contribution in [3.8, 4) is 0 Å². The fraction of sp³-hybridized carbons (Fsp3) is 0.833. The van der Waals surface area contributed by atoms with Crippen molar-refractivity contribution in [1.29, 1.82) is 0 Å². The fourth-order valence-corrected chi connectivity index (χ4v) is 2.38. The standard InChI is InChI=1S/C12H22N2O2S/c1-4-9(2)14-11(15)8-10(12(14)16)13-6-5-7-17-3/h9-10,13H,4-8H2,1-3H3. The Morgan fingerprint density at radius 3 is 2.82 bits per heavy atom. The number of imide groups is 1. The Kier molecular flexibility index (Phi) is 5.98. The second kappa shape index (κ2) is 7.01. The van der Waals surface area contributed by atoms with Crippen molar-refractivity contribution >= 4 is 23.6 Å². The van der Waals surface area contributed by atoms with E-state index in [0.717, 1.165) is 25.1 Å². The van der Waals surface area contributed by atoms with Gasteiger partial charge in [0.2, 0.25) is 11.8 Å². The molecule has 0 radical (unpaired) electrons. The Bertz CT molecular complexity index is 284. The van der Waals surface area contributed by atoms with E-state index in [9.17, 15) is 9.59 Å². The minimum Gasteiger partial charge on any atom is -0.305 e. The van der Waals surface area contributed by atoms with Gasteiger partial charge in [0, 0.05) is 6.04 Å². The smallest absolute Gasteiger partial charge is 0.247 e. The zero-order valence-electron chi connectivity index (χ0n) is 10.9. The predicted octanol–water partition coefficient (Wildman–Crippen LogP) is 1.26. The Morgan fingerprint density at radius 2 is 2.24 bits per heavy atom. The molecule has 1 rings (SSSR count). The van der Waals surface area contributed by atoms with Gasteiger partial charge in [-0.25, -0.2) is 0 Å². The number of hydrogen-bond donors (Lipinski definition) is 1. The van der Waals surface area contributed by atoms with Crippen LogP contribution in [0.5, 0.6) is 0 Å². The van der Waals surface area contributed by atoms with Crippen molar-refractivity contribution in [3.05, 3.63) is 0 Å². The average Bonchev–Trinajstić information content (AvgIpc) is 2.59. The van der Waals surface area contributed by atoms with Crippen molar-refractivity contribution in [2.75, 3.05) is 18.6 Å². The van der Waals surface area contributed by atoms with Crippen LogP contribution in [0.3, 0.4) is 0 Å². The minimum atomic E-state index is -0.293. The maximum absolute atomic E-state index is 12.0. The zero-order valence-corrected chi connectivity index (χ0v) is 11.7. The van der Waals surface area contributed by atoms with E-state index in [1.807, 2.05) is 13.8 Å². The van der Waals surface area contributed by atoms with E-state index < -0.39 is 0 Å². The van der Waals surface area contributed by atoms with Crippen molar-refractivity contribution < 1.29 is 9.59 Å². The summed E-state index contributed by atoms with van der Waals surface area (Å²) in [5, 5.41) is 3.18. The van der Waals surface area contributed by atoms with Gasteiger partial charge in [-0.2, -0.15) is 11.8 Å². The number of carbonyl (C=O) groups is 2. The summed E-state index contributed by atoms with van der Waals surface area (Å²) < 4.78 is 0. The molecule has 0 aromatic carbocycles. The number of hydrogen-bond acceptors (Lipinski definition) is 4. The van der Waals surface area contributed by atoms with Crippen LogP contribution in [0, 0.1) is 0 Å². The zero-order chi connectivity index (χ0) is 12.8. The van der Waals surface area contributed by atoms with E-state index in [4.69, 9.17) is 0 Å². The van der Waals surface area contributed by atoms with Gasteiger partial charge in [0.1, 0.15) is 0 Å². The van der Waals surface area contributed by atoms with Gasteiger partial charge in [0.25, 0.3) is 0 Å². The first-order valence-electron chi connectivity index (χ1n) is 6.20. The molecule has 1 N–H and O–H groups in total. The van der Waals surface area contributed by atoms with E-state index in [1.165, 1.54) is 4.90 Å². The molecule has 2 unspecified atom stereocenters. The third kappa shape index (κ3) is 3.71. The highest BCUT2D eigenvalue weighted by Gasteiger charge is 2.39. The Balaban J connectivity index is 2.44. The Morgan fingerprint density at radius 1 is 1.53 bits per heavy atom. The summed E-state index contributed by atoms with van der Waals surface area (Å²) in [5.74, 6) is 0.997. The number of nitrogens with zero attached hydrogens (tertiary/aromatic N) is 1. The molecule has 1 aliphatic heterocycles. The maximum atomic E-state index is 12.0. The number of amides is 2. The number of likely N-dealkylation sites (tertiary alicyclic amines) is 1. The van der Waals surface area contributed by atoms with Crippen LogP contribution in [0.2, 0.25) is 0 Å². The van der Waals surface area contributed by atoms with Crippen LogP contribution in [-0.2, 0) is 9.59 Å². The summed E-state index contributed by atoms with van der Waals surface area (Å²) in [6, 6.07) is -0.272. The highest BCUT2D eigenvalue weighted by molar-refractivity contribution is 7.98. The predicted molar refractivity (Wildman–Crippen MR) is 71.0 cm³/mol. The summed E-state index contributed by atoms with van der Waals surface area (Å²) in [6.45, 7) is 4.72. The van der Waals surface area contributed by atoms with Crippen LogP contribution in [0.25, 0.3) is 0 Å². The van der Waals surface area contributed by atoms with E-state index in [0.29, 0.717) is 6.42 Å². The van der Waals surface area contributed by atoms with Crippen LogP contribution >= 0.6 is 11.8 Å². The van der Waals surface area contributed by atoms with Gasteiger partial charge in [-0.1, -0.05) is 6.92 Å². The van der Waals surface area contributed by atoms with Crippen molar-refractivity contribution in [3.63, 3.8) is 0 Å². The van der Waals surface area contributed by atoms with Gasteiger partial charge >= 0.3 is 0 Å². The van der Waals surface area contributed by atoms with Gasteiger partial charge in [-0.05, 0) is 38.3 Å². The highest BCUT2D eigenvalue weighted by atomic mass is 32.2. The molecule has 0 aromatic heterocycles. The number of nitrogens with one attached hydrogen (secondary N) is 1. The van der Waals surface area contributed by atoms with Crippen LogP contribution in [0.1, 0.15) is 33.1 Å². The van der Waals surface area contributed by atoms with E-state index >= 15 is 0 Å². The number of rotatable bonds is 7. The van der Waals surface area contributed by atoms with Crippen LogP contribution < -0.4 is 5.32 Å². The lowest BCUT2D eigenvalue weighted by Crippen LogP contribution is -2.42. The quantitative estimate of drug-likeness (QED) is 0.551. The van der Waals surface area contributed by atoms with Crippen molar-refractivity contribution in [1.82, 2.24) is 10.2 Å². The summed E-state index contributed by atoms with van der Waals surface area (Å²) in [6.07, 6.45) is 4.23. The van der Waals surface area contributed by atoms with Crippen LogP contribution in [-0.4, -0.2) is 47.4 Å². The largest absolute Gasteiger partial charge is 0.305 e. The molecule has 0 bridgehead atoms. The maximum Gasteiger partial charge on any atom is 0.247 e. The third-order valence-electron chi connectivity index (χ3n) is 3.13.